The fraction of sp³-hybridized carbons (Fsp3) is 0.188. The molecule has 0 aromatic carbocycles. The van der Waals surface area contributed by atoms with Gasteiger partial charge in [0.05, 0.1) is 11.4 Å². The summed E-state index contributed by atoms with van der Waals surface area (Å²) in [5.74, 6) is 0.677. The van der Waals surface area contributed by atoms with Crippen molar-refractivity contribution in [1.82, 2.24) is 19.7 Å². The molecule has 1 N–H and O–H groups in total. The van der Waals surface area contributed by atoms with Crippen LogP contribution in [0.3, 0.4) is 0 Å². The quantitative estimate of drug-likeness (QED) is 0.502. The summed E-state index contributed by atoms with van der Waals surface area (Å²) in [4.78, 5) is 16.7. The van der Waals surface area contributed by atoms with Crippen molar-refractivity contribution in [2.75, 3.05) is 6.54 Å². The van der Waals surface area contributed by atoms with E-state index in [0.717, 1.165) is 9.75 Å². The summed E-state index contributed by atoms with van der Waals surface area (Å²) < 4.78 is 2.19. The maximum atomic E-state index is 12.8. The zero-order chi connectivity index (χ0) is 16.9. The van der Waals surface area contributed by atoms with E-state index in [1.807, 2.05) is 35.0 Å². The number of hydrogen-bond acceptors (Lipinski definition) is 5. The molecule has 3 rings (SSSR count). The van der Waals surface area contributed by atoms with Gasteiger partial charge in [0.15, 0.2) is 10.6 Å². The first-order valence-corrected chi connectivity index (χ1v) is 9.46. The molecule has 0 aliphatic heterocycles. The van der Waals surface area contributed by atoms with Crippen LogP contribution in [0.5, 0.6) is 0 Å². The Morgan fingerprint density at radius 3 is 2.83 bits per heavy atom. The highest BCUT2D eigenvalue weighted by Crippen LogP contribution is 2.23. The molecular formula is C16H16N4OS3. The highest BCUT2D eigenvalue weighted by molar-refractivity contribution is 7.71. The third-order valence-electron chi connectivity index (χ3n) is 3.42. The number of hydrogen-bond donors (Lipinski definition) is 1. The van der Waals surface area contributed by atoms with Crippen molar-refractivity contribution in [3.8, 4) is 10.7 Å². The summed E-state index contributed by atoms with van der Waals surface area (Å²) in [5, 5.41) is 11.0. The third-order valence-corrected chi connectivity index (χ3v) is 5.46. The van der Waals surface area contributed by atoms with Gasteiger partial charge < -0.3 is 4.90 Å². The molecule has 5 nitrogen and oxygen atoms in total. The first kappa shape index (κ1) is 16.8. The summed E-state index contributed by atoms with van der Waals surface area (Å²) in [7, 11) is 0. The van der Waals surface area contributed by atoms with Crippen LogP contribution >= 0.6 is 34.9 Å². The maximum Gasteiger partial charge on any atom is 0.243 e. The predicted octanol–water partition coefficient (Wildman–Crippen LogP) is 3.95. The minimum absolute atomic E-state index is 0.0152. The number of aromatic nitrogens is 3. The summed E-state index contributed by atoms with van der Waals surface area (Å²) in [6, 6.07) is 7.92. The van der Waals surface area contributed by atoms with Crippen molar-refractivity contribution in [2.24, 2.45) is 0 Å². The molecule has 3 heterocycles. The van der Waals surface area contributed by atoms with E-state index in [9.17, 15) is 4.79 Å². The number of carbonyl (C=O) groups is 1. The van der Waals surface area contributed by atoms with Crippen molar-refractivity contribution in [3.63, 3.8) is 0 Å². The van der Waals surface area contributed by atoms with E-state index in [0.29, 0.717) is 23.7 Å². The molecule has 0 aliphatic carbocycles. The molecule has 3 aromatic heterocycles. The highest BCUT2D eigenvalue weighted by atomic mass is 32.1. The zero-order valence-corrected chi connectivity index (χ0v) is 15.3. The third kappa shape index (κ3) is 3.72. The fourth-order valence-corrected chi connectivity index (χ4v) is 3.93. The van der Waals surface area contributed by atoms with E-state index in [1.54, 1.807) is 38.2 Å². The van der Waals surface area contributed by atoms with Crippen molar-refractivity contribution < 1.29 is 4.79 Å². The number of amides is 1. The average molecular weight is 377 g/mol. The number of rotatable bonds is 7. The van der Waals surface area contributed by atoms with Crippen LogP contribution in [-0.4, -0.2) is 32.1 Å². The first-order valence-electron chi connectivity index (χ1n) is 7.29. The van der Waals surface area contributed by atoms with Gasteiger partial charge >= 0.3 is 0 Å². The number of aromatic amines is 1. The van der Waals surface area contributed by atoms with Gasteiger partial charge in [0, 0.05) is 11.4 Å². The van der Waals surface area contributed by atoms with Gasteiger partial charge in [-0.25, -0.2) is 0 Å². The van der Waals surface area contributed by atoms with Crippen molar-refractivity contribution in [3.05, 3.63) is 57.3 Å². The number of H-pyrrole nitrogens is 1. The molecule has 1 amide bonds. The Hall–Kier alpha value is -2.03. The van der Waals surface area contributed by atoms with Gasteiger partial charge in [-0.15, -0.1) is 29.3 Å². The molecule has 0 fully saturated rings. The molecule has 0 atom stereocenters. The number of thiophene rings is 2. The van der Waals surface area contributed by atoms with Crippen molar-refractivity contribution in [2.45, 2.75) is 13.1 Å². The van der Waals surface area contributed by atoms with Crippen LogP contribution in [0.1, 0.15) is 4.88 Å². The van der Waals surface area contributed by atoms with Crippen molar-refractivity contribution >= 4 is 40.8 Å². The fourth-order valence-electron chi connectivity index (χ4n) is 2.29. The molecule has 0 bridgehead atoms. The highest BCUT2D eigenvalue weighted by Gasteiger charge is 2.18. The topological polar surface area (TPSA) is 53.9 Å². The summed E-state index contributed by atoms with van der Waals surface area (Å²) in [5.41, 5.74) is 0. The Kier molecular flexibility index (Phi) is 5.39. The van der Waals surface area contributed by atoms with E-state index in [-0.39, 0.29) is 12.5 Å². The largest absolute Gasteiger partial charge is 0.332 e. The first-order chi connectivity index (χ1) is 11.7. The summed E-state index contributed by atoms with van der Waals surface area (Å²) >= 11 is 8.49. The molecule has 0 unspecified atom stereocenters. The van der Waals surface area contributed by atoms with Gasteiger partial charge in [-0.05, 0) is 35.1 Å². The maximum absolute atomic E-state index is 12.8. The lowest BCUT2D eigenvalue weighted by Crippen LogP contribution is -2.33. The Morgan fingerprint density at radius 2 is 2.17 bits per heavy atom. The minimum Gasteiger partial charge on any atom is -0.332 e. The van der Waals surface area contributed by atoms with Gasteiger partial charge in [0.2, 0.25) is 5.91 Å². The summed E-state index contributed by atoms with van der Waals surface area (Å²) in [6.07, 6.45) is 1.74. The lowest BCUT2D eigenvalue weighted by atomic mass is 10.3. The second kappa shape index (κ2) is 7.69. The van der Waals surface area contributed by atoms with Crippen LogP contribution in [0, 0.1) is 4.77 Å². The van der Waals surface area contributed by atoms with Gasteiger partial charge in [0.1, 0.15) is 6.54 Å². The van der Waals surface area contributed by atoms with Gasteiger partial charge in [0.25, 0.3) is 0 Å². The molecule has 8 heteroatoms. The number of nitrogens with one attached hydrogen (secondary N) is 1. The molecule has 24 heavy (non-hydrogen) atoms. The second-order valence-electron chi connectivity index (χ2n) is 5.06. The van der Waals surface area contributed by atoms with Crippen LogP contribution in [0.4, 0.5) is 0 Å². The molecule has 0 radical (unpaired) electrons. The second-order valence-corrected chi connectivity index (χ2v) is 7.42. The molecule has 124 valence electrons. The van der Waals surface area contributed by atoms with Gasteiger partial charge in [-0.2, -0.15) is 5.10 Å². The zero-order valence-electron chi connectivity index (χ0n) is 12.8. The van der Waals surface area contributed by atoms with Crippen LogP contribution in [0.15, 0.2) is 47.7 Å². The van der Waals surface area contributed by atoms with Gasteiger partial charge in [-0.3, -0.25) is 14.5 Å². The van der Waals surface area contributed by atoms with E-state index >= 15 is 0 Å². The SMILES string of the molecule is C=CCN(Cc1cccs1)C(=O)Cn1c(-c2cccs2)n[nH]c1=S. The minimum atomic E-state index is -0.0152. The lowest BCUT2D eigenvalue weighted by Gasteiger charge is -2.21. The van der Waals surface area contributed by atoms with Crippen LogP contribution in [0.25, 0.3) is 10.7 Å². The van der Waals surface area contributed by atoms with E-state index in [2.05, 4.69) is 16.8 Å². The summed E-state index contributed by atoms with van der Waals surface area (Å²) in [6.45, 7) is 4.97. The monoisotopic (exact) mass is 376 g/mol. The van der Waals surface area contributed by atoms with E-state index < -0.39 is 0 Å². The van der Waals surface area contributed by atoms with Crippen LogP contribution in [-0.2, 0) is 17.9 Å². The Bertz CT molecular complexity index is 862. The average Bonchev–Trinajstić information content (AvgIpc) is 3.30. The van der Waals surface area contributed by atoms with Crippen molar-refractivity contribution in [1.29, 1.82) is 0 Å². The Labute approximate surface area is 152 Å². The van der Waals surface area contributed by atoms with E-state index in [1.165, 1.54) is 0 Å². The molecular weight excluding hydrogens is 360 g/mol. The van der Waals surface area contributed by atoms with E-state index in [4.69, 9.17) is 12.2 Å². The van der Waals surface area contributed by atoms with Crippen LogP contribution in [0.2, 0.25) is 0 Å². The molecule has 0 saturated carbocycles. The Balaban J connectivity index is 1.81. The molecule has 0 aliphatic rings. The number of nitrogens with zero attached hydrogens (tertiary/aromatic N) is 3. The molecule has 0 saturated heterocycles. The normalized spacial score (nSPS) is 10.7. The lowest BCUT2D eigenvalue weighted by molar-refractivity contribution is -0.131. The standard InChI is InChI=1S/C16H16N4OS3/c1-2-7-19(10-12-5-3-8-23-12)14(21)11-20-15(17-18-16(20)22)13-6-4-9-24-13/h2-6,8-9H,1,7,10-11H2,(H,18,22). The van der Waals surface area contributed by atoms with Crippen LogP contribution < -0.4 is 0 Å². The molecule has 0 spiro atoms. The van der Waals surface area contributed by atoms with Gasteiger partial charge in [-0.1, -0.05) is 18.2 Å². The smallest absolute Gasteiger partial charge is 0.243 e. The predicted molar refractivity (Wildman–Crippen MR) is 101 cm³/mol. The molecule has 3 aromatic rings. The Morgan fingerprint density at radius 1 is 1.38 bits per heavy atom. The number of carbonyl (C=O) groups excluding carboxylic acids is 1.